The normalized spacial score (nSPS) is 26.4. The molecular weight excluding hydrogens is 368 g/mol. The minimum Gasteiger partial charge on any atom is -0.456 e. The lowest BCUT2D eigenvalue weighted by molar-refractivity contribution is -0.152. The van der Waals surface area contributed by atoms with Gasteiger partial charge in [-0.1, -0.05) is 0 Å². The van der Waals surface area contributed by atoms with Crippen molar-refractivity contribution in [2.75, 3.05) is 24.3 Å². The van der Waals surface area contributed by atoms with E-state index in [0.29, 0.717) is 17.7 Å². The number of carbonyl (C=O) groups is 4. The van der Waals surface area contributed by atoms with Gasteiger partial charge in [0.1, 0.15) is 6.04 Å². The standard InChI is InChI=1S/C19H20N2O5S/c1-19-6-5-16(23)21(19)14(10-27-19)18(25)26-9-15(22)11-3-4-13-12(7-11)8-17(24)20(13)2/h3-4,7,14H,5-6,8-10H2,1-2H3/t14-,19-/m0/s1. The van der Waals surface area contributed by atoms with Crippen LogP contribution >= 0.6 is 11.8 Å². The Bertz CT molecular complexity index is 870. The number of fused-ring (bicyclic) bond motifs is 2. The number of hydrogen-bond acceptors (Lipinski definition) is 6. The van der Waals surface area contributed by atoms with Crippen molar-refractivity contribution in [1.29, 1.82) is 0 Å². The van der Waals surface area contributed by atoms with Crippen molar-refractivity contribution in [3.63, 3.8) is 0 Å². The Balaban J connectivity index is 1.40. The summed E-state index contributed by atoms with van der Waals surface area (Å²) in [5.41, 5.74) is 2.00. The molecule has 2 saturated heterocycles. The Labute approximate surface area is 161 Å². The number of likely N-dealkylation sites (N-methyl/N-ethyl adjacent to an activating group) is 1. The fourth-order valence-corrected chi connectivity index (χ4v) is 5.37. The van der Waals surface area contributed by atoms with Crippen molar-refractivity contribution in [3.8, 4) is 0 Å². The number of benzene rings is 1. The molecule has 142 valence electrons. The maximum atomic E-state index is 12.5. The maximum Gasteiger partial charge on any atom is 0.330 e. The Morgan fingerprint density at radius 3 is 2.85 bits per heavy atom. The first-order chi connectivity index (χ1) is 12.8. The number of thioether (sulfide) groups is 1. The number of rotatable bonds is 4. The Morgan fingerprint density at radius 2 is 2.07 bits per heavy atom. The van der Waals surface area contributed by atoms with Crippen LogP contribution in [0, 0.1) is 0 Å². The molecule has 0 unspecified atom stereocenters. The van der Waals surface area contributed by atoms with Gasteiger partial charge in [-0.25, -0.2) is 4.79 Å². The summed E-state index contributed by atoms with van der Waals surface area (Å²) < 4.78 is 5.23. The number of ether oxygens (including phenoxy) is 1. The summed E-state index contributed by atoms with van der Waals surface area (Å²) in [6.45, 7) is 1.59. The van der Waals surface area contributed by atoms with Gasteiger partial charge in [-0.15, -0.1) is 11.8 Å². The molecule has 0 N–H and O–H groups in total. The monoisotopic (exact) mass is 388 g/mol. The van der Waals surface area contributed by atoms with Gasteiger partial charge in [0.05, 0.1) is 11.3 Å². The number of nitrogens with zero attached hydrogens (tertiary/aromatic N) is 2. The van der Waals surface area contributed by atoms with Gasteiger partial charge in [-0.2, -0.15) is 0 Å². The molecule has 1 aromatic carbocycles. The molecule has 3 aliphatic heterocycles. The first-order valence-electron chi connectivity index (χ1n) is 8.85. The molecule has 2 amide bonds. The Morgan fingerprint density at radius 1 is 1.30 bits per heavy atom. The predicted molar refractivity (Wildman–Crippen MR) is 99.6 cm³/mol. The van der Waals surface area contributed by atoms with Crippen molar-refractivity contribution in [3.05, 3.63) is 29.3 Å². The van der Waals surface area contributed by atoms with Crippen LogP contribution in [0.25, 0.3) is 0 Å². The van der Waals surface area contributed by atoms with Gasteiger partial charge < -0.3 is 14.5 Å². The highest BCUT2D eigenvalue weighted by molar-refractivity contribution is 8.01. The second kappa shape index (κ2) is 6.37. The molecule has 27 heavy (non-hydrogen) atoms. The first kappa shape index (κ1) is 18.0. The van der Waals surface area contributed by atoms with Gasteiger partial charge >= 0.3 is 5.97 Å². The number of Topliss-reactive ketones (excluding diaryl/α,β-unsaturated/α-hetero) is 1. The van der Waals surface area contributed by atoms with Crippen LogP contribution in [0.5, 0.6) is 0 Å². The summed E-state index contributed by atoms with van der Waals surface area (Å²) >= 11 is 1.58. The van der Waals surface area contributed by atoms with Crippen molar-refractivity contribution in [2.45, 2.75) is 37.1 Å². The van der Waals surface area contributed by atoms with E-state index in [-0.39, 0.29) is 35.5 Å². The van der Waals surface area contributed by atoms with Crippen LogP contribution in [0.2, 0.25) is 0 Å². The summed E-state index contributed by atoms with van der Waals surface area (Å²) in [4.78, 5) is 51.6. The van der Waals surface area contributed by atoms with E-state index in [2.05, 4.69) is 0 Å². The average Bonchev–Trinajstić information content (AvgIpc) is 3.24. The molecule has 3 aliphatic rings. The largest absolute Gasteiger partial charge is 0.456 e. The van der Waals surface area contributed by atoms with E-state index in [1.807, 2.05) is 6.92 Å². The minimum absolute atomic E-state index is 0.0157. The SMILES string of the molecule is CN1C(=O)Cc2cc(C(=O)COC(=O)[C@@H]3CS[C@@]4(C)CCC(=O)N34)ccc21. The molecule has 0 spiro atoms. The third kappa shape index (κ3) is 2.92. The molecule has 0 aliphatic carbocycles. The van der Waals surface area contributed by atoms with Gasteiger partial charge in [-0.3, -0.25) is 14.4 Å². The molecule has 3 heterocycles. The highest BCUT2D eigenvalue weighted by Gasteiger charge is 2.53. The predicted octanol–water partition coefficient (Wildman–Crippen LogP) is 1.39. The molecule has 0 radical (unpaired) electrons. The molecule has 0 saturated carbocycles. The molecule has 0 bridgehead atoms. The number of carbonyl (C=O) groups excluding carboxylic acids is 4. The van der Waals surface area contributed by atoms with Crippen molar-refractivity contribution >= 4 is 41.0 Å². The number of esters is 1. The highest BCUT2D eigenvalue weighted by atomic mass is 32.2. The fourth-order valence-electron chi connectivity index (χ4n) is 3.95. The smallest absolute Gasteiger partial charge is 0.330 e. The van der Waals surface area contributed by atoms with E-state index in [1.54, 1.807) is 46.8 Å². The number of ketones is 1. The van der Waals surface area contributed by atoms with Crippen molar-refractivity contribution in [2.24, 2.45) is 0 Å². The van der Waals surface area contributed by atoms with Gasteiger partial charge in [0, 0.05) is 30.5 Å². The summed E-state index contributed by atoms with van der Waals surface area (Å²) in [7, 11) is 1.70. The molecule has 2 fully saturated rings. The molecule has 1 aromatic rings. The second-order valence-corrected chi connectivity index (χ2v) is 8.77. The van der Waals surface area contributed by atoms with E-state index in [0.717, 1.165) is 17.7 Å². The third-order valence-corrected chi connectivity index (χ3v) is 7.05. The van der Waals surface area contributed by atoms with Crippen LogP contribution in [0.1, 0.15) is 35.7 Å². The number of anilines is 1. The van der Waals surface area contributed by atoms with Crippen LogP contribution in [0.3, 0.4) is 0 Å². The van der Waals surface area contributed by atoms with Crippen LogP contribution in [0.15, 0.2) is 18.2 Å². The van der Waals surface area contributed by atoms with Gasteiger partial charge in [0.25, 0.3) is 0 Å². The summed E-state index contributed by atoms with van der Waals surface area (Å²) in [5, 5.41) is 0. The van der Waals surface area contributed by atoms with E-state index in [4.69, 9.17) is 4.74 Å². The van der Waals surface area contributed by atoms with E-state index < -0.39 is 12.0 Å². The highest BCUT2D eigenvalue weighted by Crippen LogP contribution is 2.47. The molecule has 0 aromatic heterocycles. The lowest BCUT2D eigenvalue weighted by Gasteiger charge is -2.29. The van der Waals surface area contributed by atoms with Gasteiger partial charge in [-0.05, 0) is 37.1 Å². The third-order valence-electron chi connectivity index (χ3n) is 5.54. The summed E-state index contributed by atoms with van der Waals surface area (Å²) in [5.74, 6) is -0.427. The van der Waals surface area contributed by atoms with Crippen LogP contribution in [-0.4, -0.2) is 58.8 Å². The van der Waals surface area contributed by atoms with Crippen LogP contribution in [-0.2, 0) is 25.5 Å². The molecular formula is C19H20N2O5S. The maximum absolute atomic E-state index is 12.5. The second-order valence-electron chi connectivity index (χ2n) is 7.27. The zero-order valence-electron chi connectivity index (χ0n) is 15.2. The zero-order chi connectivity index (χ0) is 19.3. The van der Waals surface area contributed by atoms with Crippen LogP contribution in [0.4, 0.5) is 5.69 Å². The topological polar surface area (TPSA) is 84.0 Å². The van der Waals surface area contributed by atoms with E-state index >= 15 is 0 Å². The Hall–Kier alpha value is -2.35. The number of amides is 2. The average molecular weight is 388 g/mol. The van der Waals surface area contributed by atoms with E-state index in [1.165, 1.54) is 0 Å². The summed E-state index contributed by atoms with van der Waals surface area (Å²) in [6, 6.07) is 4.42. The quantitative estimate of drug-likeness (QED) is 0.572. The molecule has 7 nitrogen and oxygen atoms in total. The van der Waals surface area contributed by atoms with Crippen molar-refractivity contribution in [1.82, 2.24) is 4.90 Å². The molecule has 2 atom stereocenters. The van der Waals surface area contributed by atoms with Gasteiger partial charge in [0.2, 0.25) is 11.8 Å². The summed E-state index contributed by atoms with van der Waals surface area (Å²) in [6.07, 6.45) is 1.43. The lowest BCUT2D eigenvalue weighted by atomic mass is 10.1. The van der Waals surface area contributed by atoms with Gasteiger partial charge in [0.15, 0.2) is 12.4 Å². The van der Waals surface area contributed by atoms with E-state index in [9.17, 15) is 19.2 Å². The Kier molecular flexibility index (Phi) is 4.25. The molecule has 4 rings (SSSR count). The molecule has 8 heteroatoms. The van der Waals surface area contributed by atoms with Crippen molar-refractivity contribution < 1.29 is 23.9 Å². The van der Waals surface area contributed by atoms with Crippen LogP contribution < -0.4 is 4.90 Å². The fraction of sp³-hybridized carbons (Fsp3) is 0.474. The first-order valence-corrected chi connectivity index (χ1v) is 9.84. The zero-order valence-corrected chi connectivity index (χ0v) is 16.0. The minimum atomic E-state index is -0.630. The lowest BCUT2D eigenvalue weighted by Crippen LogP contribution is -2.46. The number of hydrogen-bond donors (Lipinski definition) is 0.